The Hall–Kier alpha value is -2.63. The Morgan fingerprint density at radius 2 is 1.84 bits per heavy atom. The normalized spacial score (nSPS) is 10.4. The highest BCUT2D eigenvalue weighted by molar-refractivity contribution is 6.36. The first-order chi connectivity index (χ1) is 12.0. The zero-order chi connectivity index (χ0) is 17.8. The molecular formula is C18H12Cl2FN3O. The summed E-state index contributed by atoms with van der Waals surface area (Å²) >= 11 is 11.9. The minimum atomic E-state index is -0.375. The van der Waals surface area contributed by atoms with Crippen LogP contribution in [-0.2, 0) is 0 Å². The van der Waals surface area contributed by atoms with Crippen molar-refractivity contribution >= 4 is 46.2 Å². The van der Waals surface area contributed by atoms with Gasteiger partial charge in [-0.2, -0.15) is 0 Å². The van der Waals surface area contributed by atoms with E-state index in [4.69, 9.17) is 23.2 Å². The van der Waals surface area contributed by atoms with Gasteiger partial charge in [-0.15, -0.1) is 0 Å². The molecule has 0 spiro atoms. The second kappa shape index (κ2) is 7.51. The number of amides is 1. The number of benzene rings is 2. The molecule has 7 heteroatoms. The van der Waals surface area contributed by atoms with Crippen LogP contribution in [0.3, 0.4) is 0 Å². The monoisotopic (exact) mass is 375 g/mol. The lowest BCUT2D eigenvalue weighted by atomic mass is 10.2. The van der Waals surface area contributed by atoms with E-state index < -0.39 is 0 Å². The van der Waals surface area contributed by atoms with Gasteiger partial charge in [0.2, 0.25) is 0 Å². The number of carbonyl (C=O) groups excluding carboxylic acids is 1. The van der Waals surface area contributed by atoms with Crippen LogP contribution in [0.25, 0.3) is 0 Å². The zero-order valence-corrected chi connectivity index (χ0v) is 14.3. The molecule has 126 valence electrons. The smallest absolute Gasteiger partial charge is 0.257 e. The number of rotatable bonds is 4. The summed E-state index contributed by atoms with van der Waals surface area (Å²) in [5.74, 6) is -0.733. The fraction of sp³-hybridized carbons (Fsp3) is 0. The molecule has 0 radical (unpaired) electrons. The van der Waals surface area contributed by atoms with Crippen LogP contribution in [0, 0.1) is 5.82 Å². The maximum absolute atomic E-state index is 13.2. The molecule has 25 heavy (non-hydrogen) atoms. The molecule has 3 rings (SSSR count). The number of aromatic nitrogens is 1. The van der Waals surface area contributed by atoms with Crippen molar-refractivity contribution in [2.24, 2.45) is 0 Å². The van der Waals surface area contributed by atoms with Crippen LogP contribution in [0.4, 0.5) is 21.5 Å². The summed E-state index contributed by atoms with van der Waals surface area (Å²) in [4.78, 5) is 16.4. The minimum absolute atomic E-state index is 0.326. The van der Waals surface area contributed by atoms with Crippen LogP contribution in [0.2, 0.25) is 10.0 Å². The molecule has 0 fully saturated rings. The summed E-state index contributed by atoms with van der Waals surface area (Å²) in [6.45, 7) is 0. The molecule has 2 N–H and O–H groups in total. The third-order valence-corrected chi connectivity index (χ3v) is 3.84. The highest BCUT2D eigenvalue weighted by Crippen LogP contribution is 2.26. The van der Waals surface area contributed by atoms with Crippen molar-refractivity contribution in [3.05, 3.63) is 82.4 Å². The van der Waals surface area contributed by atoms with Crippen LogP contribution in [0.15, 0.2) is 60.9 Å². The van der Waals surface area contributed by atoms with Crippen molar-refractivity contribution in [1.29, 1.82) is 0 Å². The van der Waals surface area contributed by atoms with E-state index in [0.717, 1.165) is 0 Å². The maximum atomic E-state index is 13.2. The van der Waals surface area contributed by atoms with Gasteiger partial charge in [0, 0.05) is 16.9 Å². The summed E-state index contributed by atoms with van der Waals surface area (Å²) in [6.07, 6.45) is 2.97. The Bertz CT molecular complexity index is 934. The first kappa shape index (κ1) is 17.2. The van der Waals surface area contributed by atoms with E-state index in [-0.39, 0.29) is 11.7 Å². The number of anilines is 3. The Labute approximate surface area is 153 Å². The summed E-state index contributed by atoms with van der Waals surface area (Å²) in [6, 6.07) is 12.4. The van der Waals surface area contributed by atoms with E-state index in [1.807, 2.05) is 0 Å². The lowest BCUT2D eigenvalue weighted by Crippen LogP contribution is -2.12. The zero-order valence-electron chi connectivity index (χ0n) is 12.8. The lowest BCUT2D eigenvalue weighted by Gasteiger charge is -2.10. The van der Waals surface area contributed by atoms with Crippen molar-refractivity contribution in [2.75, 3.05) is 10.6 Å². The van der Waals surface area contributed by atoms with Gasteiger partial charge in [0.25, 0.3) is 5.91 Å². The molecular weight excluding hydrogens is 364 g/mol. The molecule has 0 saturated heterocycles. The molecule has 0 saturated carbocycles. The number of pyridine rings is 1. The van der Waals surface area contributed by atoms with Gasteiger partial charge in [0.15, 0.2) is 0 Å². The number of nitrogens with zero attached hydrogens (tertiary/aromatic N) is 1. The highest BCUT2D eigenvalue weighted by Gasteiger charge is 2.10. The maximum Gasteiger partial charge on any atom is 0.257 e. The van der Waals surface area contributed by atoms with Gasteiger partial charge in [-0.1, -0.05) is 29.3 Å². The molecule has 0 aliphatic heterocycles. The average molecular weight is 376 g/mol. The summed E-state index contributed by atoms with van der Waals surface area (Å²) in [5.41, 5.74) is 1.88. The molecule has 1 aromatic heterocycles. The largest absolute Gasteiger partial charge is 0.354 e. The minimum Gasteiger partial charge on any atom is -0.354 e. The molecule has 0 aliphatic rings. The summed E-state index contributed by atoms with van der Waals surface area (Å²) in [5, 5.41) is 6.51. The van der Waals surface area contributed by atoms with Crippen LogP contribution >= 0.6 is 23.2 Å². The van der Waals surface area contributed by atoms with Gasteiger partial charge in [0.05, 0.1) is 28.2 Å². The van der Waals surface area contributed by atoms with Gasteiger partial charge in [-0.3, -0.25) is 9.78 Å². The molecule has 2 aromatic carbocycles. The van der Waals surface area contributed by atoms with E-state index in [9.17, 15) is 9.18 Å². The quantitative estimate of drug-likeness (QED) is 0.630. The highest BCUT2D eigenvalue weighted by atomic mass is 35.5. The van der Waals surface area contributed by atoms with Crippen LogP contribution in [0.5, 0.6) is 0 Å². The SMILES string of the molecule is O=C(Nc1ccc(Cl)cc1Cl)c1cncc(Nc2cccc(F)c2)c1. The Kier molecular flexibility index (Phi) is 5.16. The third-order valence-electron chi connectivity index (χ3n) is 3.29. The predicted octanol–water partition coefficient (Wildman–Crippen LogP) is 5.52. The average Bonchev–Trinajstić information content (AvgIpc) is 2.57. The van der Waals surface area contributed by atoms with Crippen molar-refractivity contribution < 1.29 is 9.18 Å². The van der Waals surface area contributed by atoms with Crippen molar-refractivity contribution in [2.45, 2.75) is 0 Å². The molecule has 0 unspecified atom stereocenters. The number of carbonyl (C=O) groups is 1. The standard InChI is InChI=1S/C18H12Cl2FN3O/c19-12-4-5-17(16(20)7-12)24-18(25)11-6-15(10-22-9-11)23-14-3-1-2-13(21)8-14/h1-10,23H,(H,24,25). The summed E-state index contributed by atoms with van der Waals surface area (Å²) in [7, 11) is 0. The molecule has 1 heterocycles. The van der Waals surface area contributed by atoms with Gasteiger partial charge in [0.1, 0.15) is 5.82 Å². The van der Waals surface area contributed by atoms with Crippen molar-refractivity contribution in [1.82, 2.24) is 4.98 Å². The van der Waals surface area contributed by atoms with Gasteiger partial charge in [-0.05, 0) is 42.5 Å². The molecule has 1 amide bonds. The predicted molar refractivity (Wildman–Crippen MR) is 98.3 cm³/mol. The van der Waals surface area contributed by atoms with Crippen LogP contribution in [-0.4, -0.2) is 10.9 Å². The lowest BCUT2D eigenvalue weighted by molar-refractivity contribution is 0.102. The summed E-state index contributed by atoms with van der Waals surface area (Å²) < 4.78 is 13.2. The van der Waals surface area contributed by atoms with E-state index in [0.29, 0.717) is 32.7 Å². The van der Waals surface area contributed by atoms with Gasteiger partial charge < -0.3 is 10.6 Å². The molecule has 0 bridgehead atoms. The Balaban J connectivity index is 1.77. The van der Waals surface area contributed by atoms with E-state index in [1.165, 1.54) is 24.5 Å². The number of hydrogen-bond acceptors (Lipinski definition) is 3. The van der Waals surface area contributed by atoms with Crippen LogP contribution in [0.1, 0.15) is 10.4 Å². The first-order valence-electron chi connectivity index (χ1n) is 7.25. The number of halogens is 3. The van der Waals surface area contributed by atoms with Gasteiger partial charge in [-0.25, -0.2) is 4.39 Å². The molecule has 0 atom stereocenters. The fourth-order valence-electron chi connectivity index (χ4n) is 2.15. The number of nitrogens with one attached hydrogen (secondary N) is 2. The van der Waals surface area contributed by atoms with E-state index in [2.05, 4.69) is 15.6 Å². The fourth-order valence-corrected chi connectivity index (χ4v) is 2.61. The third kappa shape index (κ3) is 4.47. The molecule has 4 nitrogen and oxygen atoms in total. The van der Waals surface area contributed by atoms with Crippen molar-refractivity contribution in [3.63, 3.8) is 0 Å². The van der Waals surface area contributed by atoms with E-state index >= 15 is 0 Å². The molecule has 3 aromatic rings. The number of hydrogen-bond donors (Lipinski definition) is 2. The second-order valence-corrected chi connectivity index (χ2v) is 6.02. The topological polar surface area (TPSA) is 54.0 Å². The Morgan fingerprint density at radius 3 is 2.60 bits per heavy atom. The van der Waals surface area contributed by atoms with Gasteiger partial charge >= 0.3 is 0 Å². The van der Waals surface area contributed by atoms with Crippen LogP contribution < -0.4 is 10.6 Å². The second-order valence-electron chi connectivity index (χ2n) is 5.18. The Morgan fingerprint density at radius 1 is 1.00 bits per heavy atom. The van der Waals surface area contributed by atoms with Crippen molar-refractivity contribution in [3.8, 4) is 0 Å². The van der Waals surface area contributed by atoms with E-state index in [1.54, 1.807) is 36.4 Å². The first-order valence-corrected chi connectivity index (χ1v) is 8.01. The molecule has 0 aliphatic carbocycles.